The summed E-state index contributed by atoms with van der Waals surface area (Å²) in [6.07, 6.45) is 3.33. The van der Waals surface area contributed by atoms with Crippen molar-refractivity contribution in [2.75, 3.05) is 11.4 Å². The molecule has 1 fully saturated rings. The highest BCUT2D eigenvalue weighted by Gasteiger charge is 2.38. The van der Waals surface area contributed by atoms with Crippen LogP contribution in [0.2, 0.25) is 0 Å². The van der Waals surface area contributed by atoms with Gasteiger partial charge in [0.25, 0.3) is 0 Å². The van der Waals surface area contributed by atoms with E-state index in [9.17, 15) is 9.90 Å². The highest BCUT2D eigenvalue weighted by atomic mass is 19.1. The molecule has 0 radical (unpaired) electrons. The molecule has 1 atom stereocenters. The minimum Gasteiger partial charge on any atom is -0.481 e. The van der Waals surface area contributed by atoms with Crippen molar-refractivity contribution in [3.63, 3.8) is 0 Å². The molecule has 0 saturated heterocycles. The number of carbonyl (C=O) groups is 1. The number of benzene rings is 3. The number of para-hydroxylation sites is 1. The molecule has 3 aromatic carbocycles. The number of halogens is 1. The van der Waals surface area contributed by atoms with Crippen LogP contribution in [0.3, 0.4) is 0 Å². The Morgan fingerprint density at radius 1 is 1.09 bits per heavy atom. The first-order valence-electron chi connectivity index (χ1n) is 11.8. The summed E-state index contributed by atoms with van der Waals surface area (Å²) >= 11 is 0. The van der Waals surface area contributed by atoms with E-state index in [1.165, 1.54) is 0 Å². The van der Waals surface area contributed by atoms with Crippen molar-refractivity contribution in [1.29, 1.82) is 0 Å². The van der Waals surface area contributed by atoms with E-state index < -0.39 is 5.97 Å². The molecule has 1 unspecified atom stereocenters. The number of ether oxygens (including phenoxy) is 1. The molecule has 0 bridgehead atoms. The summed E-state index contributed by atoms with van der Waals surface area (Å²) in [5.41, 5.74) is 10.3. The minimum atomic E-state index is -0.903. The molecule has 1 saturated carbocycles. The predicted molar refractivity (Wildman–Crippen MR) is 131 cm³/mol. The first-order valence-corrected chi connectivity index (χ1v) is 11.8. The second-order valence-electron chi connectivity index (χ2n) is 9.22. The fraction of sp³-hybridized carbons (Fsp3) is 0.250. The van der Waals surface area contributed by atoms with Crippen molar-refractivity contribution in [2.45, 2.75) is 38.0 Å². The zero-order valence-electron chi connectivity index (χ0n) is 19.0. The molecule has 0 amide bonds. The highest BCUT2D eigenvalue weighted by Crippen LogP contribution is 2.46. The third-order valence-electron chi connectivity index (χ3n) is 6.87. The lowest BCUT2D eigenvalue weighted by Gasteiger charge is -2.38. The van der Waals surface area contributed by atoms with E-state index in [1.54, 1.807) is 30.5 Å². The number of carboxylic acids is 1. The number of hydrogen-bond acceptors (Lipinski definition) is 5. The normalized spacial score (nSPS) is 17.3. The zero-order valence-corrected chi connectivity index (χ0v) is 19.0. The Bertz CT molecular complexity index is 1440. The maximum absolute atomic E-state index is 15.3. The van der Waals surface area contributed by atoms with Crippen LogP contribution >= 0.6 is 0 Å². The Hall–Kier alpha value is -3.84. The summed E-state index contributed by atoms with van der Waals surface area (Å²) < 4.78 is 27.5. The number of carboxylic acid groups (broad SMARTS) is 1. The van der Waals surface area contributed by atoms with E-state index in [0.717, 1.165) is 29.5 Å². The third kappa shape index (κ3) is 3.82. The van der Waals surface area contributed by atoms with Gasteiger partial charge in [0, 0.05) is 40.2 Å². The Morgan fingerprint density at radius 3 is 2.66 bits per heavy atom. The van der Waals surface area contributed by atoms with Crippen molar-refractivity contribution < 1.29 is 23.4 Å². The van der Waals surface area contributed by atoms with Crippen LogP contribution in [0.15, 0.2) is 65.3 Å². The zero-order chi connectivity index (χ0) is 24.1. The monoisotopic (exact) mass is 472 g/mol. The van der Waals surface area contributed by atoms with Crippen molar-refractivity contribution in [3.05, 3.63) is 83.4 Å². The largest absolute Gasteiger partial charge is 0.481 e. The van der Waals surface area contributed by atoms with E-state index >= 15 is 4.39 Å². The molecular formula is C28H25FN2O4. The van der Waals surface area contributed by atoms with Crippen LogP contribution in [0, 0.1) is 5.82 Å². The molecule has 178 valence electrons. The molecule has 0 spiro atoms. The van der Waals surface area contributed by atoms with Crippen LogP contribution in [0.1, 0.15) is 35.6 Å². The second-order valence-corrected chi connectivity index (χ2v) is 9.22. The molecule has 1 aliphatic heterocycles. The lowest BCUT2D eigenvalue weighted by Crippen LogP contribution is -2.37. The fourth-order valence-electron chi connectivity index (χ4n) is 5.03. The molecule has 1 aliphatic carbocycles. The average Bonchev–Trinajstić information content (AvgIpc) is 3.59. The lowest BCUT2D eigenvalue weighted by atomic mass is 9.95. The van der Waals surface area contributed by atoms with Crippen LogP contribution in [0.5, 0.6) is 5.75 Å². The quantitative estimate of drug-likeness (QED) is 0.389. The number of fused-ring (bicyclic) bond motifs is 2. The van der Waals surface area contributed by atoms with E-state index in [2.05, 4.69) is 4.90 Å². The summed E-state index contributed by atoms with van der Waals surface area (Å²) in [7, 11) is 0. The smallest absolute Gasteiger partial charge is 0.307 e. The third-order valence-corrected chi connectivity index (χ3v) is 6.87. The minimum absolute atomic E-state index is 0.103. The maximum atomic E-state index is 15.3. The van der Waals surface area contributed by atoms with Gasteiger partial charge in [-0.2, -0.15) is 0 Å². The summed E-state index contributed by atoms with van der Waals surface area (Å²) in [6.45, 7) is 0.730. The van der Waals surface area contributed by atoms with Crippen molar-refractivity contribution in [2.24, 2.45) is 5.73 Å². The van der Waals surface area contributed by atoms with Gasteiger partial charge in [-0.3, -0.25) is 4.79 Å². The van der Waals surface area contributed by atoms with Gasteiger partial charge in [0.15, 0.2) is 0 Å². The Balaban J connectivity index is 1.48. The Labute approximate surface area is 201 Å². The summed E-state index contributed by atoms with van der Waals surface area (Å²) in [6, 6.07) is 17.1. The van der Waals surface area contributed by atoms with Crippen molar-refractivity contribution >= 4 is 22.6 Å². The standard InChI is InChI=1S/C28H25FN2O4/c29-26-18(14-30)4-1-5-21(26)22-12-19(11-17-9-10-34-27(17)22)24-15-31(20-7-8-20)23-6-2-3-16(13-25(32)33)28(23)35-24/h1-6,9-12,20,24H,7-8,13-15,30H2,(H,32,33). The molecule has 2 aliphatic rings. The lowest BCUT2D eigenvalue weighted by molar-refractivity contribution is -0.136. The number of rotatable bonds is 6. The summed E-state index contributed by atoms with van der Waals surface area (Å²) in [5, 5.41) is 10.3. The van der Waals surface area contributed by atoms with E-state index in [1.807, 2.05) is 30.3 Å². The van der Waals surface area contributed by atoms with Gasteiger partial charge >= 0.3 is 5.97 Å². The highest BCUT2D eigenvalue weighted by molar-refractivity contribution is 5.93. The number of furan rings is 1. The van der Waals surface area contributed by atoms with Crippen molar-refractivity contribution in [3.8, 4) is 16.9 Å². The topological polar surface area (TPSA) is 88.9 Å². The number of anilines is 1. The second kappa shape index (κ2) is 8.43. The van der Waals surface area contributed by atoms with E-state index in [-0.39, 0.29) is 24.9 Å². The Morgan fingerprint density at radius 2 is 1.89 bits per heavy atom. The molecule has 35 heavy (non-hydrogen) atoms. The summed E-state index contributed by atoms with van der Waals surface area (Å²) in [5.74, 6) is -0.647. The SMILES string of the molecule is NCc1cccc(-c2cc(C3CN(C4CC4)c4cccc(CC(=O)O)c4O3)cc3ccoc23)c1F. The molecule has 7 heteroatoms. The molecule has 6 nitrogen and oxygen atoms in total. The first kappa shape index (κ1) is 21.7. The number of nitrogens with zero attached hydrogens (tertiary/aromatic N) is 1. The molecule has 4 aromatic rings. The molecule has 6 rings (SSSR count). The van der Waals surface area contributed by atoms with Gasteiger partial charge in [-0.15, -0.1) is 0 Å². The molecular weight excluding hydrogens is 447 g/mol. The van der Waals surface area contributed by atoms with Gasteiger partial charge < -0.3 is 24.9 Å². The fourth-order valence-corrected chi connectivity index (χ4v) is 5.03. The molecule has 3 N–H and O–H groups in total. The molecule has 1 aromatic heterocycles. The van der Waals surface area contributed by atoms with Gasteiger partial charge in [0.05, 0.1) is 24.9 Å². The van der Waals surface area contributed by atoms with Crippen LogP contribution in [0.4, 0.5) is 10.1 Å². The van der Waals surface area contributed by atoms with Gasteiger partial charge in [0.2, 0.25) is 0 Å². The van der Waals surface area contributed by atoms with Crippen molar-refractivity contribution in [1.82, 2.24) is 0 Å². The van der Waals surface area contributed by atoms with Gasteiger partial charge in [-0.05, 0) is 42.7 Å². The van der Waals surface area contributed by atoms with Crippen LogP contribution in [0.25, 0.3) is 22.1 Å². The maximum Gasteiger partial charge on any atom is 0.307 e. The first-order chi connectivity index (χ1) is 17.0. The summed E-state index contributed by atoms with van der Waals surface area (Å²) in [4.78, 5) is 13.8. The van der Waals surface area contributed by atoms with Gasteiger partial charge in [-0.25, -0.2) is 4.39 Å². The van der Waals surface area contributed by atoms with Crippen LogP contribution in [-0.2, 0) is 17.8 Å². The van der Waals surface area contributed by atoms with E-state index in [4.69, 9.17) is 14.9 Å². The number of aliphatic carboxylic acids is 1. The van der Waals surface area contributed by atoms with Crippen LogP contribution in [-0.4, -0.2) is 23.7 Å². The van der Waals surface area contributed by atoms with Crippen LogP contribution < -0.4 is 15.4 Å². The number of nitrogens with two attached hydrogens (primary N) is 1. The van der Waals surface area contributed by atoms with Gasteiger partial charge in [-0.1, -0.05) is 30.3 Å². The predicted octanol–water partition coefficient (Wildman–Crippen LogP) is 5.43. The average molecular weight is 473 g/mol. The number of hydrogen-bond donors (Lipinski definition) is 2. The Kier molecular flexibility index (Phi) is 5.22. The molecule has 2 heterocycles. The van der Waals surface area contributed by atoms with E-state index in [0.29, 0.717) is 46.2 Å². The van der Waals surface area contributed by atoms with Gasteiger partial charge in [0.1, 0.15) is 23.3 Å².